The number of nitrogens with zero attached hydrogens (tertiary/aromatic N) is 1. The molecule has 3 N–H and O–H groups in total. The smallest absolute Gasteiger partial charge is 0.288 e. The SMILES string of the molecule is Cc1ccc(NC(=S)/C(=C(\O)c2ccc(Cl)c(Cl)c2)[n+]2cccc(CO)c2)cc1. The first-order chi connectivity index (χ1) is 13.9. The van der Waals surface area contributed by atoms with E-state index in [0.29, 0.717) is 31.9 Å². The molecule has 4 nitrogen and oxygen atoms in total. The number of pyridine rings is 1. The summed E-state index contributed by atoms with van der Waals surface area (Å²) in [7, 11) is 0. The molecule has 0 bridgehead atoms. The molecule has 148 valence electrons. The second-order valence-electron chi connectivity index (χ2n) is 6.42. The van der Waals surface area contributed by atoms with Gasteiger partial charge in [-0.05, 0) is 43.3 Å². The molecule has 7 heteroatoms. The number of hydrogen-bond donors (Lipinski definition) is 3. The maximum absolute atomic E-state index is 11.1. The van der Waals surface area contributed by atoms with Crippen LogP contribution in [0.15, 0.2) is 67.0 Å². The normalized spacial score (nSPS) is 11.7. The van der Waals surface area contributed by atoms with Gasteiger partial charge < -0.3 is 15.5 Å². The van der Waals surface area contributed by atoms with Gasteiger partial charge in [0, 0.05) is 22.9 Å². The Morgan fingerprint density at radius 1 is 1.07 bits per heavy atom. The molecule has 0 fully saturated rings. The molecule has 0 saturated heterocycles. The summed E-state index contributed by atoms with van der Waals surface area (Å²) in [5.41, 5.74) is 3.39. The minimum absolute atomic E-state index is 0.0757. The minimum atomic E-state index is -0.139. The van der Waals surface area contributed by atoms with Crippen LogP contribution in [0.25, 0.3) is 11.5 Å². The van der Waals surface area contributed by atoms with Crippen molar-refractivity contribution in [3.63, 3.8) is 0 Å². The van der Waals surface area contributed by atoms with Crippen LogP contribution in [0.2, 0.25) is 10.0 Å². The highest BCUT2D eigenvalue weighted by Gasteiger charge is 2.24. The molecule has 0 aliphatic rings. The third-order valence-corrected chi connectivity index (χ3v) is 5.28. The van der Waals surface area contributed by atoms with Crippen LogP contribution < -0.4 is 9.88 Å². The van der Waals surface area contributed by atoms with Crippen LogP contribution in [0, 0.1) is 6.92 Å². The number of aliphatic hydroxyl groups is 2. The van der Waals surface area contributed by atoms with Gasteiger partial charge in [-0.1, -0.05) is 53.1 Å². The Balaban J connectivity index is 2.10. The Morgan fingerprint density at radius 2 is 1.79 bits per heavy atom. The molecule has 29 heavy (non-hydrogen) atoms. The van der Waals surface area contributed by atoms with Crippen LogP contribution in [0.3, 0.4) is 0 Å². The molecule has 0 aliphatic heterocycles. The fraction of sp³-hybridized carbons (Fsp3) is 0.0909. The van der Waals surface area contributed by atoms with Crippen molar-refractivity contribution < 1.29 is 14.8 Å². The Morgan fingerprint density at radius 3 is 2.45 bits per heavy atom. The third kappa shape index (κ3) is 5.14. The van der Waals surface area contributed by atoms with Crippen LogP contribution in [-0.2, 0) is 6.61 Å². The number of thiocarbonyl (C=S) groups is 1. The summed E-state index contributed by atoms with van der Waals surface area (Å²) in [5.74, 6) is -0.0757. The lowest BCUT2D eigenvalue weighted by molar-refractivity contribution is -0.576. The van der Waals surface area contributed by atoms with E-state index in [-0.39, 0.29) is 12.4 Å². The summed E-state index contributed by atoms with van der Waals surface area (Å²) in [4.78, 5) is 0.303. The van der Waals surface area contributed by atoms with E-state index < -0.39 is 0 Å². The third-order valence-electron chi connectivity index (χ3n) is 4.24. The molecule has 0 atom stereocenters. The molecule has 0 spiro atoms. The van der Waals surface area contributed by atoms with Gasteiger partial charge in [0.25, 0.3) is 5.70 Å². The number of nitrogens with one attached hydrogen (secondary N) is 1. The van der Waals surface area contributed by atoms with Crippen molar-refractivity contribution >= 4 is 57.6 Å². The lowest BCUT2D eigenvalue weighted by Gasteiger charge is -2.11. The monoisotopic (exact) mass is 445 g/mol. The van der Waals surface area contributed by atoms with E-state index in [1.807, 2.05) is 31.2 Å². The Labute approximate surface area is 184 Å². The van der Waals surface area contributed by atoms with Gasteiger partial charge in [-0.2, -0.15) is 4.57 Å². The molecule has 1 aromatic heterocycles. The van der Waals surface area contributed by atoms with Crippen LogP contribution in [0.1, 0.15) is 16.7 Å². The van der Waals surface area contributed by atoms with Gasteiger partial charge in [0.1, 0.15) is 0 Å². The predicted molar refractivity (Wildman–Crippen MR) is 122 cm³/mol. The number of anilines is 1. The number of aryl methyl sites for hydroxylation is 1. The van der Waals surface area contributed by atoms with Crippen LogP contribution in [0.4, 0.5) is 5.69 Å². The van der Waals surface area contributed by atoms with Crippen molar-refractivity contribution in [3.05, 3.63) is 93.7 Å². The van der Waals surface area contributed by atoms with Crippen molar-refractivity contribution in [1.29, 1.82) is 0 Å². The van der Waals surface area contributed by atoms with Crippen LogP contribution >= 0.6 is 35.4 Å². The average molecular weight is 446 g/mol. The number of benzene rings is 2. The summed E-state index contributed by atoms with van der Waals surface area (Å²) < 4.78 is 1.66. The van der Waals surface area contributed by atoms with Gasteiger partial charge in [-0.25, -0.2) is 0 Å². The maximum Gasteiger partial charge on any atom is 0.288 e. The Bertz CT molecular complexity index is 1080. The zero-order valence-electron chi connectivity index (χ0n) is 15.6. The average Bonchev–Trinajstić information content (AvgIpc) is 2.72. The fourth-order valence-electron chi connectivity index (χ4n) is 2.71. The van der Waals surface area contributed by atoms with Gasteiger partial charge in [0.2, 0.25) is 0 Å². The number of halogens is 2. The van der Waals surface area contributed by atoms with Gasteiger partial charge in [-0.3, -0.25) is 0 Å². The van der Waals surface area contributed by atoms with E-state index in [1.165, 1.54) is 0 Å². The second-order valence-corrected chi connectivity index (χ2v) is 7.65. The summed E-state index contributed by atoms with van der Waals surface area (Å²) in [6.07, 6.45) is 3.44. The van der Waals surface area contributed by atoms with E-state index in [4.69, 9.17) is 35.4 Å². The largest absolute Gasteiger partial charge is 0.502 e. The van der Waals surface area contributed by atoms with E-state index in [1.54, 1.807) is 47.3 Å². The zero-order chi connectivity index (χ0) is 21.0. The molecule has 1 heterocycles. The molecule has 0 saturated carbocycles. The molecule has 2 aromatic carbocycles. The Kier molecular flexibility index (Phi) is 6.87. The van der Waals surface area contributed by atoms with Gasteiger partial charge in [0.05, 0.1) is 16.7 Å². The Hall–Kier alpha value is -2.44. The molecule has 3 aromatic rings. The van der Waals surface area contributed by atoms with Crippen molar-refractivity contribution in [1.82, 2.24) is 0 Å². The lowest BCUT2D eigenvalue weighted by Crippen LogP contribution is -2.39. The first-order valence-electron chi connectivity index (χ1n) is 8.77. The second kappa shape index (κ2) is 9.37. The molecule has 0 amide bonds. The van der Waals surface area contributed by atoms with Crippen LogP contribution in [0.5, 0.6) is 0 Å². The summed E-state index contributed by atoms with van der Waals surface area (Å²) in [5, 5.41) is 24.4. The summed E-state index contributed by atoms with van der Waals surface area (Å²) >= 11 is 17.7. The standard InChI is InChI=1S/C22H18Cl2N2O2S/c1-14-4-7-17(8-5-14)25-22(29)20(26-10-2-3-15(12-26)13-27)21(28)16-6-9-18(23)19(24)11-16/h2-12,27H,13H2,1H3,(H-,25,28,29)/p+1. The van der Waals surface area contributed by atoms with E-state index in [9.17, 15) is 10.2 Å². The molecule has 0 radical (unpaired) electrons. The number of aromatic nitrogens is 1. The first kappa shape index (κ1) is 21.3. The van der Waals surface area contributed by atoms with E-state index >= 15 is 0 Å². The van der Waals surface area contributed by atoms with Gasteiger partial charge >= 0.3 is 0 Å². The molecule has 0 unspecified atom stereocenters. The zero-order valence-corrected chi connectivity index (χ0v) is 17.9. The van der Waals surface area contributed by atoms with Crippen molar-refractivity contribution in [2.45, 2.75) is 13.5 Å². The van der Waals surface area contributed by atoms with Crippen molar-refractivity contribution in [2.75, 3.05) is 5.32 Å². The van der Waals surface area contributed by atoms with E-state index in [2.05, 4.69) is 5.32 Å². The highest BCUT2D eigenvalue weighted by molar-refractivity contribution is 7.81. The fourth-order valence-corrected chi connectivity index (χ4v) is 3.33. The highest BCUT2D eigenvalue weighted by Crippen LogP contribution is 2.27. The summed E-state index contributed by atoms with van der Waals surface area (Å²) in [6, 6.07) is 16.1. The molecule has 0 aliphatic carbocycles. The topological polar surface area (TPSA) is 56.4 Å². The molecular formula is C22H19Cl2N2O2S+. The highest BCUT2D eigenvalue weighted by atomic mass is 35.5. The predicted octanol–water partition coefficient (Wildman–Crippen LogP) is 5.40. The van der Waals surface area contributed by atoms with Crippen LogP contribution in [-0.4, -0.2) is 15.2 Å². The molecule has 3 rings (SSSR count). The van der Waals surface area contributed by atoms with Crippen molar-refractivity contribution in [3.8, 4) is 0 Å². The van der Waals surface area contributed by atoms with Crippen molar-refractivity contribution in [2.24, 2.45) is 0 Å². The maximum atomic E-state index is 11.1. The van der Waals surface area contributed by atoms with Gasteiger partial charge in [0.15, 0.2) is 23.1 Å². The molecular weight excluding hydrogens is 427 g/mol. The quantitative estimate of drug-likeness (QED) is 0.213. The van der Waals surface area contributed by atoms with E-state index in [0.717, 1.165) is 11.3 Å². The number of aliphatic hydroxyl groups excluding tert-OH is 2. The number of hydrogen-bond acceptors (Lipinski definition) is 3. The number of rotatable bonds is 5. The summed E-state index contributed by atoms with van der Waals surface area (Å²) in [6.45, 7) is 1.86. The van der Waals surface area contributed by atoms with Gasteiger partial charge in [-0.15, -0.1) is 0 Å². The first-order valence-corrected chi connectivity index (χ1v) is 9.93. The minimum Gasteiger partial charge on any atom is -0.502 e. The lowest BCUT2D eigenvalue weighted by atomic mass is 10.1.